The molecule has 0 spiro atoms. The number of benzene rings is 1. The third-order valence-corrected chi connectivity index (χ3v) is 8.99. The third kappa shape index (κ3) is 3.65. The highest BCUT2D eigenvalue weighted by atomic mass is 79.9. The molecule has 9 nitrogen and oxygen atoms in total. The molecule has 4 amide bonds. The van der Waals surface area contributed by atoms with Crippen LogP contribution in [0.5, 0.6) is 0 Å². The average molecular weight is 662 g/mol. The standard InChI is InChI=1S/C22H20Br3N3O6/c1-8(29)26(3)18-15(23)14(16(24)19(17(18)25)27(4)9(2)30)22(33)34-28-20(31)12-10-5-6-11(7-10)13(12)21(28)32/h5-6,10-13H,7H2,1-4H3. The van der Waals surface area contributed by atoms with E-state index in [4.69, 9.17) is 4.84 Å². The molecule has 4 rings (SSSR count). The van der Waals surface area contributed by atoms with Gasteiger partial charge >= 0.3 is 5.97 Å². The fraction of sp³-hybridized carbons (Fsp3) is 0.409. The first-order valence-electron chi connectivity index (χ1n) is 10.4. The second kappa shape index (κ2) is 8.87. The van der Waals surface area contributed by atoms with Crippen molar-refractivity contribution in [2.45, 2.75) is 20.3 Å². The van der Waals surface area contributed by atoms with Crippen LogP contribution in [0.15, 0.2) is 25.6 Å². The molecule has 34 heavy (non-hydrogen) atoms. The third-order valence-electron chi connectivity index (χ3n) is 6.69. The zero-order valence-electron chi connectivity index (χ0n) is 18.6. The van der Waals surface area contributed by atoms with Crippen molar-refractivity contribution in [2.24, 2.45) is 23.7 Å². The molecule has 0 radical (unpaired) electrons. The summed E-state index contributed by atoms with van der Waals surface area (Å²) >= 11 is 10.2. The van der Waals surface area contributed by atoms with Gasteiger partial charge in [-0.2, -0.15) is 0 Å². The lowest BCUT2D eigenvalue weighted by Crippen LogP contribution is -2.36. The van der Waals surface area contributed by atoms with Crippen LogP contribution in [-0.4, -0.2) is 48.8 Å². The molecule has 1 aromatic rings. The van der Waals surface area contributed by atoms with Gasteiger partial charge in [0.15, 0.2) is 0 Å². The van der Waals surface area contributed by atoms with Crippen molar-refractivity contribution in [3.05, 3.63) is 31.1 Å². The van der Waals surface area contributed by atoms with Gasteiger partial charge in [-0.15, -0.1) is 5.06 Å². The van der Waals surface area contributed by atoms with Crippen LogP contribution >= 0.6 is 47.8 Å². The van der Waals surface area contributed by atoms with Crippen molar-refractivity contribution in [3.8, 4) is 0 Å². The molecule has 4 atom stereocenters. The number of rotatable bonds is 4. The lowest BCUT2D eigenvalue weighted by molar-refractivity contribution is -0.175. The number of anilines is 2. The lowest BCUT2D eigenvalue weighted by Gasteiger charge is -2.27. The Morgan fingerprint density at radius 1 is 0.853 bits per heavy atom. The molecule has 0 aromatic heterocycles. The van der Waals surface area contributed by atoms with Gasteiger partial charge < -0.3 is 14.6 Å². The number of imide groups is 1. The Bertz CT molecular complexity index is 1120. The summed E-state index contributed by atoms with van der Waals surface area (Å²) < 4.78 is 0.718. The molecule has 4 unspecified atom stereocenters. The van der Waals surface area contributed by atoms with Crippen molar-refractivity contribution in [2.75, 3.05) is 23.9 Å². The van der Waals surface area contributed by atoms with E-state index < -0.39 is 29.6 Å². The van der Waals surface area contributed by atoms with Crippen LogP contribution in [-0.2, 0) is 24.0 Å². The number of allylic oxidation sites excluding steroid dienone is 2. The fourth-order valence-electron chi connectivity index (χ4n) is 4.81. The fourth-order valence-corrected chi connectivity index (χ4v) is 8.19. The van der Waals surface area contributed by atoms with E-state index in [2.05, 4.69) is 47.8 Å². The van der Waals surface area contributed by atoms with Gasteiger partial charge in [-0.1, -0.05) is 12.2 Å². The Labute approximate surface area is 220 Å². The summed E-state index contributed by atoms with van der Waals surface area (Å²) in [4.78, 5) is 71.5. The van der Waals surface area contributed by atoms with Crippen LogP contribution in [0, 0.1) is 23.7 Å². The van der Waals surface area contributed by atoms with Crippen LogP contribution < -0.4 is 9.80 Å². The van der Waals surface area contributed by atoms with Gasteiger partial charge in [0.05, 0.1) is 42.2 Å². The first-order chi connectivity index (χ1) is 15.9. The molecule has 1 aromatic carbocycles. The van der Waals surface area contributed by atoms with Gasteiger partial charge in [-0.25, -0.2) is 4.79 Å². The Hall–Kier alpha value is -2.05. The van der Waals surface area contributed by atoms with E-state index in [1.165, 1.54) is 37.7 Å². The maximum absolute atomic E-state index is 13.4. The minimum absolute atomic E-state index is 0.0343. The van der Waals surface area contributed by atoms with Crippen LogP contribution in [0.25, 0.3) is 0 Å². The van der Waals surface area contributed by atoms with E-state index in [1.807, 2.05) is 12.2 Å². The van der Waals surface area contributed by atoms with Crippen molar-refractivity contribution < 1.29 is 28.8 Å². The lowest BCUT2D eigenvalue weighted by atomic mass is 9.85. The first kappa shape index (κ1) is 25.1. The number of fused-ring (bicyclic) bond motifs is 5. The van der Waals surface area contributed by atoms with Crippen molar-refractivity contribution >= 4 is 88.8 Å². The average Bonchev–Trinajstić information content (AvgIpc) is 3.43. The second-order valence-corrected chi connectivity index (χ2v) is 10.9. The Kier molecular flexibility index (Phi) is 6.54. The molecule has 0 N–H and O–H groups in total. The first-order valence-corrected chi connectivity index (χ1v) is 12.7. The molecule has 12 heteroatoms. The summed E-state index contributed by atoms with van der Waals surface area (Å²) in [5.74, 6) is -3.85. The maximum atomic E-state index is 13.4. The normalized spacial score (nSPS) is 24.5. The van der Waals surface area contributed by atoms with Gasteiger partial charge in [-0.3, -0.25) is 19.2 Å². The van der Waals surface area contributed by atoms with Gasteiger partial charge in [0.25, 0.3) is 11.8 Å². The minimum Gasteiger partial charge on any atom is -0.325 e. The van der Waals surface area contributed by atoms with E-state index in [0.29, 0.717) is 9.54 Å². The minimum atomic E-state index is -0.996. The van der Waals surface area contributed by atoms with Crippen molar-refractivity contribution in [1.29, 1.82) is 0 Å². The smallest absolute Gasteiger partial charge is 0.325 e. The van der Waals surface area contributed by atoms with Gasteiger partial charge in [0.1, 0.15) is 0 Å². The molecule has 2 bridgehead atoms. The van der Waals surface area contributed by atoms with Crippen LogP contribution in [0.4, 0.5) is 11.4 Å². The summed E-state index contributed by atoms with van der Waals surface area (Å²) in [5, 5.41) is 0.563. The molecule has 2 fully saturated rings. The van der Waals surface area contributed by atoms with E-state index in [0.717, 1.165) is 6.42 Å². The number of amides is 4. The zero-order chi connectivity index (χ0) is 25.2. The molecule has 1 saturated carbocycles. The van der Waals surface area contributed by atoms with E-state index in [-0.39, 0.29) is 49.5 Å². The number of hydrogen-bond acceptors (Lipinski definition) is 6. The number of hydrogen-bond donors (Lipinski definition) is 0. The summed E-state index contributed by atoms with van der Waals surface area (Å²) in [6, 6.07) is 0. The molecular weight excluding hydrogens is 642 g/mol. The number of halogens is 3. The van der Waals surface area contributed by atoms with Gasteiger partial charge in [0.2, 0.25) is 11.8 Å². The molecule has 180 valence electrons. The molecule has 3 aliphatic rings. The summed E-state index contributed by atoms with van der Waals surface area (Å²) in [5.41, 5.74) is 0.445. The maximum Gasteiger partial charge on any atom is 0.366 e. The zero-order valence-corrected chi connectivity index (χ0v) is 23.4. The highest BCUT2D eigenvalue weighted by molar-refractivity contribution is 9.12. The molecular formula is C22H20Br3N3O6. The van der Waals surface area contributed by atoms with Crippen LogP contribution in [0.1, 0.15) is 30.6 Å². The number of carbonyl (C=O) groups is 5. The van der Waals surface area contributed by atoms with E-state index >= 15 is 0 Å². The molecule has 1 aliphatic heterocycles. The highest BCUT2D eigenvalue weighted by Crippen LogP contribution is 2.53. The van der Waals surface area contributed by atoms with Crippen LogP contribution in [0.2, 0.25) is 0 Å². The summed E-state index contributed by atoms with van der Waals surface area (Å²) in [7, 11) is 3.01. The van der Waals surface area contributed by atoms with Crippen molar-refractivity contribution in [1.82, 2.24) is 5.06 Å². The van der Waals surface area contributed by atoms with Crippen molar-refractivity contribution in [3.63, 3.8) is 0 Å². The Morgan fingerprint density at radius 2 is 1.26 bits per heavy atom. The predicted molar refractivity (Wildman–Crippen MR) is 133 cm³/mol. The quantitative estimate of drug-likeness (QED) is 0.359. The van der Waals surface area contributed by atoms with Crippen LogP contribution in [0.3, 0.4) is 0 Å². The predicted octanol–water partition coefficient (Wildman–Crippen LogP) is 3.82. The molecule has 1 heterocycles. The Morgan fingerprint density at radius 3 is 1.65 bits per heavy atom. The molecule has 2 aliphatic carbocycles. The van der Waals surface area contributed by atoms with Gasteiger partial charge in [-0.05, 0) is 66.0 Å². The second-order valence-electron chi connectivity index (χ2n) is 8.52. The monoisotopic (exact) mass is 659 g/mol. The number of hydroxylamine groups is 2. The number of nitrogens with zero attached hydrogens (tertiary/aromatic N) is 3. The SMILES string of the molecule is CC(=O)N(C)c1c(Br)c(C(=O)ON2C(=O)C3C4C=CC(C4)C3C2=O)c(Br)c(N(C)C(C)=O)c1Br. The highest BCUT2D eigenvalue weighted by Gasteiger charge is 2.61. The van der Waals surface area contributed by atoms with E-state index in [9.17, 15) is 24.0 Å². The van der Waals surface area contributed by atoms with E-state index in [1.54, 1.807) is 0 Å². The summed E-state index contributed by atoms with van der Waals surface area (Å²) in [6.07, 6.45) is 4.63. The van der Waals surface area contributed by atoms with Gasteiger partial charge in [0, 0.05) is 27.9 Å². The summed E-state index contributed by atoms with van der Waals surface area (Å²) in [6.45, 7) is 2.69. The Balaban J connectivity index is 1.77. The molecule has 1 saturated heterocycles. The topological polar surface area (TPSA) is 104 Å². The largest absolute Gasteiger partial charge is 0.366 e. The number of carbonyl (C=O) groups excluding carboxylic acids is 5.